The van der Waals surface area contributed by atoms with Gasteiger partial charge in [0.25, 0.3) is 5.69 Å². The molecule has 0 bridgehead atoms. The highest BCUT2D eigenvalue weighted by Gasteiger charge is 2.27. The Balaban J connectivity index is 1.95. The lowest BCUT2D eigenvalue weighted by Gasteiger charge is -2.33. The smallest absolute Gasteiger partial charge is 0.410 e. The summed E-state index contributed by atoms with van der Waals surface area (Å²) in [5.41, 5.74) is -1.04. The number of amides is 1. The van der Waals surface area contributed by atoms with E-state index in [0.29, 0.717) is 19.5 Å². The van der Waals surface area contributed by atoms with Gasteiger partial charge in [0.15, 0.2) is 5.02 Å². The number of piperidine rings is 1. The van der Waals surface area contributed by atoms with Crippen molar-refractivity contribution in [1.29, 1.82) is 0 Å². The molecule has 1 aliphatic heterocycles. The van der Waals surface area contributed by atoms with Crippen LogP contribution in [0.2, 0.25) is 5.02 Å². The SMILES string of the molecule is COC(=O)c1cc(OCC#CCC2CCCN(C(=O)OC(C)(C)C)C2)c(Cl)c([N+](=O)[O-])c1. The molecule has 32 heavy (non-hydrogen) atoms. The zero-order valence-electron chi connectivity index (χ0n) is 18.6. The van der Waals surface area contributed by atoms with Gasteiger partial charge in [0, 0.05) is 25.6 Å². The molecule has 1 atom stereocenters. The van der Waals surface area contributed by atoms with E-state index in [1.165, 1.54) is 13.2 Å². The van der Waals surface area contributed by atoms with Crippen molar-refractivity contribution in [3.63, 3.8) is 0 Å². The van der Waals surface area contributed by atoms with Gasteiger partial charge in [0.05, 0.1) is 17.6 Å². The van der Waals surface area contributed by atoms with Crippen molar-refractivity contribution in [2.75, 3.05) is 26.8 Å². The number of nitro benzene ring substituents is 1. The summed E-state index contributed by atoms with van der Waals surface area (Å²) in [5.74, 6) is 5.32. The van der Waals surface area contributed by atoms with E-state index in [0.717, 1.165) is 18.9 Å². The maximum atomic E-state index is 12.3. The maximum Gasteiger partial charge on any atom is 0.410 e. The minimum Gasteiger partial charge on any atom is -0.479 e. The van der Waals surface area contributed by atoms with Crippen LogP contribution in [0.25, 0.3) is 0 Å². The molecule has 0 aliphatic carbocycles. The number of hydrogen-bond acceptors (Lipinski definition) is 7. The Morgan fingerprint density at radius 1 is 1.31 bits per heavy atom. The summed E-state index contributed by atoms with van der Waals surface area (Å²) in [6.45, 7) is 6.67. The first kappa shape index (κ1) is 25.3. The lowest BCUT2D eigenvalue weighted by Crippen LogP contribution is -2.42. The monoisotopic (exact) mass is 466 g/mol. The van der Waals surface area contributed by atoms with E-state index in [1.807, 2.05) is 20.8 Å². The van der Waals surface area contributed by atoms with Crippen molar-refractivity contribution in [2.45, 2.75) is 45.6 Å². The standard InChI is InChI=1S/C22H27ClN2O7/c1-22(2,3)32-21(27)24-10-7-9-15(14-24)8-5-6-11-31-18-13-16(20(26)30-4)12-17(19(18)23)25(28)29/h12-13,15H,7-11,14H2,1-4H3. The molecular weight excluding hydrogens is 440 g/mol. The molecule has 10 heteroatoms. The number of ether oxygens (including phenoxy) is 3. The number of esters is 1. The van der Waals surface area contributed by atoms with E-state index >= 15 is 0 Å². The summed E-state index contributed by atoms with van der Waals surface area (Å²) in [7, 11) is 1.17. The first-order valence-electron chi connectivity index (χ1n) is 10.1. The number of nitrogens with zero attached hydrogens (tertiary/aromatic N) is 2. The second-order valence-corrected chi connectivity index (χ2v) is 8.72. The zero-order valence-corrected chi connectivity index (χ0v) is 19.4. The maximum absolute atomic E-state index is 12.3. The largest absolute Gasteiger partial charge is 0.479 e. The summed E-state index contributed by atoms with van der Waals surface area (Å²) in [5, 5.41) is 11.0. The third kappa shape index (κ3) is 7.31. The van der Waals surface area contributed by atoms with Gasteiger partial charge in [-0.3, -0.25) is 10.1 Å². The summed E-state index contributed by atoms with van der Waals surface area (Å²) in [6, 6.07) is 2.31. The van der Waals surface area contributed by atoms with Crippen LogP contribution in [0.3, 0.4) is 0 Å². The Bertz CT molecular complexity index is 931. The van der Waals surface area contributed by atoms with Gasteiger partial charge in [-0.2, -0.15) is 0 Å². The molecule has 1 aromatic carbocycles. The fourth-order valence-electron chi connectivity index (χ4n) is 3.16. The van der Waals surface area contributed by atoms with Crippen LogP contribution in [0.5, 0.6) is 5.75 Å². The van der Waals surface area contributed by atoms with Gasteiger partial charge >= 0.3 is 12.1 Å². The molecule has 0 saturated carbocycles. The number of benzene rings is 1. The predicted octanol–water partition coefficient (Wildman–Crippen LogP) is 4.45. The predicted molar refractivity (Wildman–Crippen MR) is 118 cm³/mol. The Labute approximate surface area is 192 Å². The van der Waals surface area contributed by atoms with Crippen molar-refractivity contribution < 1.29 is 28.7 Å². The van der Waals surface area contributed by atoms with Gasteiger partial charge in [-0.15, -0.1) is 0 Å². The minimum atomic E-state index is -0.743. The van der Waals surface area contributed by atoms with Gasteiger partial charge in [-0.05, 0) is 45.6 Å². The highest BCUT2D eigenvalue weighted by atomic mass is 35.5. The molecule has 1 aliphatic rings. The summed E-state index contributed by atoms with van der Waals surface area (Å²) >= 11 is 6.03. The van der Waals surface area contributed by atoms with E-state index in [4.69, 9.17) is 21.1 Å². The second kappa shape index (κ2) is 11.0. The highest BCUT2D eigenvalue weighted by molar-refractivity contribution is 6.34. The summed E-state index contributed by atoms with van der Waals surface area (Å²) in [4.78, 5) is 36.2. The van der Waals surface area contributed by atoms with Crippen LogP contribution in [-0.4, -0.2) is 54.3 Å². The van der Waals surface area contributed by atoms with E-state index in [-0.39, 0.29) is 35.0 Å². The van der Waals surface area contributed by atoms with E-state index < -0.39 is 22.2 Å². The van der Waals surface area contributed by atoms with Crippen LogP contribution in [0.15, 0.2) is 12.1 Å². The fourth-order valence-corrected chi connectivity index (χ4v) is 3.39. The summed E-state index contributed by atoms with van der Waals surface area (Å²) in [6.07, 6.45) is 2.08. The molecule has 2 rings (SSSR count). The Morgan fingerprint density at radius 3 is 2.66 bits per heavy atom. The van der Waals surface area contributed by atoms with Crippen molar-refractivity contribution in [3.05, 3.63) is 32.8 Å². The van der Waals surface area contributed by atoms with E-state index in [1.54, 1.807) is 4.90 Å². The van der Waals surface area contributed by atoms with Crippen LogP contribution < -0.4 is 4.74 Å². The summed E-state index contributed by atoms with van der Waals surface area (Å²) < 4.78 is 15.5. The van der Waals surface area contributed by atoms with Crippen LogP contribution in [-0.2, 0) is 9.47 Å². The molecule has 0 aromatic heterocycles. The molecule has 0 spiro atoms. The highest BCUT2D eigenvalue weighted by Crippen LogP contribution is 2.35. The third-order valence-corrected chi connectivity index (χ3v) is 5.00. The van der Waals surface area contributed by atoms with Crippen LogP contribution >= 0.6 is 11.6 Å². The number of hydrogen-bond donors (Lipinski definition) is 0. The number of carbonyl (C=O) groups excluding carboxylic acids is 2. The van der Waals surface area contributed by atoms with Crippen LogP contribution in [0, 0.1) is 27.9 Å². The topological polar surface area (TPSA) is 108 Å². The fraction of sp³-hybridized carbons (Fsp3) is 0.545. The third-order valence-electron chi connectivity index (χ3n) is 4.62. The number of likely N-dealkylation sites (tertiary alicyclic amines) is 1. The number of halogens is 1. The van der Waals surface area contributed by atoms with Crippen molar-refractivity contribution in [3.8, 4) is 17.6 Å². The molecule has 1 fully saturated rings. The number of nitro groups is 1. The Hall–Kier alpha value is -2.99. The van der Waals surface area contributed by atoms with Gasteiger partial charge < -0.3 is 19.1 Å². The van der Waals surface area contributed by atoms with Crippen molar-refractivity contribution >= 4 is 29.4 Å². The Morgan fingerprint density at radius 2 is 2.03 bits per heavy atom. The molecule has 1 saturated heterocycles. The number of rotatable bonds is 5. The number of methoxy groups -OCH3 is 1. The first-order valence-corrected chi connectivity index (χ1v) is 10.5. The van der Waals surface area contributed by atoms with Crippen molar-refractivity contribution in [1.82, 2.24) is 4.90 Å². The Kier molecular flexibility index (Phi) is 8.72. The molecular formula is C22H27ClN2O7. The van der Waals surface area contributed by atoms with Crippen LogP contribution in [0.1, 0.15) is 50.4 Å². The van der Waals surface area contributed by atoms with Gasteiger partial charge in [-0.25, -0.2) is 9.59 Å². The van der Waals surface area contributed by atoms with Gasteiger partial charge in [-0.1, -0.05) is 23.4 Å². The van der Waals surface area contributed by atoms with E-state index in [2.05, 4.69) is 16.6 Å². The molecule has 0 N–H and O–H groups in total. The lowest BCUT2D eigenvalue weighted by atomic mass is 9.95. The minimum absolute atomic E-state index is 0.0238. The average molecular weight is 467 g/mol. The average Bonchev–Trinajstić information content (AvgIpc) is 2.72. The molecule has 1 unspecified atom stereocenters. The normalized spacial score (nSPS) is 15.9. The molecule has 1 aromatic rings. The molecule has 1 heterocycles. The molecule has 9 nitrogen and oxygen atoms in total. The van der Waals surface area contributed by atoms with Gasteiger partial charge in [0.1, 0.15) is 18.0 Å². The van der Waals surface area contributed by atoms with Crippen molar-refractivity contribution in [2.24, 2.45) is 5.92 Å². The molecule has 174 valence electrons. The zero-order chi connectivity index (χ0) is 23.9. The first-order chi connectivity index (χ1) is 15.0. The lowest BCUT2D eigenvalue weighted by molar-refractivity contribution is -0.384. The van der Waals surface area contributed by atoms with E-state index in [9.17, 15) is 19.7 Å². The van der Waals surface area contributed by atoms with Gasteiger partial charge in [0.2, 0.25) is 0 Å². The quantitative estimate of drug-likeness (QED) is 0.273. The number of carbonyl (C=O) groups is 2. The molecule has 0 radical (unpaired) electrons. The van der Waals surface area contributed by atoms with Crippen LogP contribution in [0.4, 0.5) is 10.5 Å². The molecule has 1 amide bonds. The second-order valence-electron chi connectivity index (χ2n) is 8.34.